The van der Waals surface area contributed by atoms with Crippen LogP contribution < -0.4 is 11.1 Å². The quantitative estimate of drug-likeness (QED) is 0.148. The van der Waals surface area contributed by atoms with Crippen LogP contribution in [0.4, 0.5) is 16.3 Å². The second kappa shape index (κ2) is 17.9. The topological polar surface area (TPSA) is 185 Å². The molecule has 0 saturated carbocycles. The van der Waals surface area contributed by atoms with Gasteiger partial charge in [-0.15, -0.1) is 0 Å². The van der Waals surface area contributed by atoms with Crippen LogP contribution in [0.5, 0.6) is 0 Å². The monoisotopic (exact) mass is 880 g/mol. The van der Waals surface area contributed by atoms with E-state index < -0.39 is 5.60 Å². The fraction of sp³-hybridized carbons (Fsp3) is 0.298. The Labute approximate surface area is 372 Å². The molecule has 17 nitrogen and oxygen atoms in total. The molecule has 65 heavy (non-hydrogen) atoms. The van der Waals surface area contributed by atoms with Crippen LogP contribution >= 0.6 is 0 Å². The minimum atomic E-state index is -0.890. The largest absolute Gasteiger partial charge is 0.465 e. The normalized spacial score (nSPS) is 13.0. The standard InChI is InChI=1S/C24H26N6O2.C23H22N6O3.FH/c1-4-9-30-22(31)19-12-20(27-21(19)29-10-8-25-23(29)30)17-13-26-28(15-17)14-16-6-5-7-18(11-16)24(2,3)32;1-3-8-29-21(30)18-11-19(26-20(18)28-9-7-24-23(28)29)17-12-25-27(14-17)13-15-5-4-6-16(10-15)22(31)32-2;/h5-8,10-11,13,15,32H,4,9,12,14H2,1-3H3;4-7,9-10,12,14H,3,8,11,13H2,1-2H3;1H. The van der Waals surface area contributed by atoms with Crippen LogP contribution in [0.1, 0.15) is 89.8 Å². The lowest BCUT2D eigenvalue weighted by atomic mass is 9.96. The SMILES string of the molecule is CCCn1c(=O)c2c(n3ccnc13)N=C(c1cnn(Cc3cccc(C(=O)OC)c3)c1)C2.CCCn1c(=O)c2c(n3ccnc13)N=C(c1cnn(Cc3cccc(C(C)(C)O)c3)c1)C2.F. The van der Waals surface area contributed by atoms with Crippen LogP contribution in [0, 0.1) is 0 Å². The van der Waals surface area contributed by atoms with E-state index in [0.717, 1.165) is 52.1 Å². The van der Waals surface area contributed by atoms with Crippen molar-refractivity contribution in [3.05, 3.63) is 163 Å². The molecule has 2 aliphatic rings. The van der Waals surface area contributed by atoms with Gasteiger partial charge in [-0.3, -0.25) is 41.6 Å². The van der Waals surface area contributed by atoms with Crippen molar-refractivity contribution < 1.29 is 19.3 Å². The van der Waals surface area contributed by atoms with Gasteiger partial charge in [-0.05, 0) is 55.5 Å². The second-order valence-electron chi connectivity index (χ2n) is 16.5. The minimum absolute atomic E-state index is 0. The van der Waals surface area contributed by atoms with E-state index in [1.54, 1.807) is 64.6 Å². The number of fused-ring (bicyclic) bond motifs is 6. The molecule has 8 aromatic rings. The van der Waals surface area contributed by atoms with Crippen molar-refractivity contribution in [2.45, 2.75) is 85.2 Å². The maximum atomic E-state index is 13.1. The molecule has 18 heteroatoms. The highest BCUT2D eigenvalue weighted by Crippen LogP contribution is 2.29. The summed E-state index contributed by atoms with van der Waals surface area (Å²) in [5.41, 5.74) is 7.18. The average molecular weight is 881 g/mol. The molecule has 2 aromatic carbocycles. The third kappa shape index (κ3) is 8.47. The zero-order chi connectivity index (χ0) is 44.7. The van der Waals surface area contributed by atoms with Crippen molar-refractivity contribution in [3.63, 3.8) is 0 Å². The Morgan fingerprint density at radius 2 is 1.23 bits per heavy atom. The summed E-state index contributed by atoms with van der Waals surface area (Å²) in [5, 5.41) is 19.2. The predicted molar refractivity (Wildman–Crippen MR) is 244 cm³/mol. The number of aromatic nitrogens is 10. The number of carbonyl (C=O) groups is 1. The van der Waals surface area contributed by atoms with Crippen molar-refractivity contribution in [1.82, 2.24) is 47.5 Å². The Bertz CT molecular complexity index is 3270. The van der Waals surface area contributed by atoms with E-state index >= 15 is 0 Å². The smallest absolute Gasteiger partial charge is 0.337 e. The third-order valence-corrected chi connectivity index (χ3v) is 11.4. The molecule has 10 rings (SSSR count). The summed E-state index contributed by atoms with van der Waals surface area (Å²) in [7, 11) is 1.36. The molecule has 8 heterocycles. The number of aryl methyl sites for hydroxylation is 2. The number of imidazole rings is 2. The van der Waals surface area contributed by atoms with E-state index in [1.165, 1.54) is 7.11 Å². The van der Waals surface area contributed by atoms with Crippen LogP contribution in [0.2, 0.25) is 0 Å². The van der Waals surface area contributed by atoms with Crippen molar-refractivity contribution in [2.75, 3.05) is 7.11 Å². The summed E-state index contributed by atoms with van der Waals surface area (Å²) in [4.78, 5) is 56.2. The van der Waals surface area contributed by atoms with Crippen LogP contribution in [0.3, 0.4) is 0 Å². The number of methoxy groups -OCH3 is 1. The number of halogens is 1. The minimum Gasteiger partial charge on any atom is -0.465 e. The molecule has 0 bridgehead atoms. The van der Waals surface area contributed by atoms with E-state index in [4.69, 9.17) is 14.7 Å². The Balaban J connectivity index is 0.000000175. The molecule has 0 amide bonds. The van der Waals surface area contributed by atoms with Crippen LogP contribution in [-0.2, 0) is 49.4 Å². The predicted octanol–water partition coefficient (Wildman–Crippen LogP) is 5.82. The van der Waals surface area contributed by atoms with Gasteiger partial charge in [0.25, 0.3) is 11.1 Å². The molecule has 2 aliphatic heterocycles. The maximum Gasteiger partial charge on any atom is 0.337 e. The number of esters is 1. The first-order chi connectivity index (χ1) is 30.9. The number of hydrogen-bond acceptors (Lipinski definition) is 11. The molecular formula is C47H49FN12O5. The molecule has 0 radical (unpaired) electrons. The summed E-state index contributed by atoms with van der Waals surface area (Å²) in [6, 6.07) is 15.2. The van der Waals surface area contributed by atoms with Gasteiger partial charge in [0.05, 0.1) is 66.3 Å². The van der Waals surface area contributed by atoms with Gasteiger partial charge in [0.1, 0.15) is 11.6 Å². The molecule has 6 aromatic heterocycles. The van der Waals surface area contributed by atoms with Gasteiger partial charge in [-0.1, -0.05) is 50.2 Å². The van der Waals surface area contributed by atoms with Gasteiger partial charge in [0, 0.05) is 74.2 Å². The van der Waals surface area contributed by atoms with Crippen molar-refractivity contribution >= 4 is 40.6 Å². The molecule has 0 atom stereocenters. The molecule has 0 spiro atoms. The summed E-state index contributed by atoms with van der Waals surface area (Å²) in [6.45, 7) is 9.97. The lowest BCUT2D eigenvalue weighted by Crippen LogP contribution is -2.26. The third-order valence-electron chi connectivity index (χ3n) is 11.4. The Hall–Kier alpha value is -7.60. The van der Waals surface area contributed by atoms with Gasteiger partial charge in [0.2, 0.25) is 11.6 Å². The van der Waals surface area contributed by atoms with Crippen molar-refractivity contribution in [1.29, 1.82) is 0 Å². The average Bonchev–Trinajstić information content (AvgIpc) is 4.15. The lowest BCUT2D eigenvalue weighted by Gasteiger charge is -2.18. The number of aliphatic imine (C=N–C) groups is 2. The van der Waals surface area contributed by atoms with E-state index in [2.05, 4.69) is 20.2 Å². The summed E-state index contributed by atoms with van der Waals surface area (Å²) < 4.78 is 15.7. The van der Waals surface area contributed by atoms with Crippen LogP contribution in [0.25, 0.3) is 11.6 Å². The number of rotatable bonds is 12. The highest BCUT2D eigenvalue weighted by molar-refractivity contribution is 6.06. The number of carbonyl (C=O) groups excluding carboxylic acids is 1. The van der Waals surface area contributed by atoms with Crippen molar-refractivity contribution in [2.24, 2.45) is 9.98 Å². The van der Waals surface area contributed by atoms with Gasteiger partial charge < -0.3 is 9.84 Å². The van der Waals surface area contributed by atoms with Crippen molar-refractivity contribution in [3.8, 4) is 0 Å². The molecule has 1 N–H and O–H groups in total. The molecule has 0 aliphatic carbocycles. The van der Waals surface area contributed by atoms with E-state index in [0.29, 0.717) is 78.9 Å². The molecule has 0 unspecified atom stereocenters. The molecular weight excluding hydrogens is 832 g/mol. The van der Waals surface area contributed by atoms with E-state index in [9.17, 15) is 19.5 Å². The van der Waals surface area contributed by atoms with Gasteiger partial charge in [-0.2, -0.15) is 10.2 Å². The van der Waals surface area contributed by atoms with Crippen LogP contribution in [-0.4, -0.2) is 77.1 Å². The number of hydrogen-bond donors (Lipinski definition) is 1. The molecule has 0 saturated heterocycles. The van der Waals surface area contributed by atoms with Gasteiger partial charge >= 0.3 is 5.97 Å². The van der Waals surface area contributed by atoms with E-state index in [-0.39, 0.29) is 21.8 Å². The fourth-order valence-electron chi connectivity index (χ4n) is 8.25. The molecule has 0 fully saturated rings. The zero-order valence-electron chi connectivity index (χ0n) is 36.7. The Morgan fingerprint density at radius 1 is 0.738 bits per heavy atom. The van der Waals surface area contributed by atoms with Gasteiger partial charge in [0.15, 0.2) is 0 Å². The first kappa shape index (κ1) is 44.0. The first-order valence-corrected chi connectivity index (χ1v) is 21.3. The highest BCUT2D eigenvalue weighted by atomic mass is 19.0. The molecule has 334 valence electrons. The van der Waals surface area contributed by atoms with Crippen LogP contribution in [0.15, 0.2) is 118 Å². The first-order valence-electron chi connectivity index (χ1n) is 21.3. The summed E-state index contributed by atoms with van der Waals surface area (Å²) >= 11 is 0. The summed E-state index contributed by atoms with van der Waals surface area (Å²) in [6.07, 6.45) is 17.1. The number of ether oxygens (including phenoxy) is 1. The highest BCUT2D eigenvalue weighted by Gasteiger charge is 2.27. The maximum absolute atomic E-state index is 13.1. The summed E-state index contributed by atoms with van der Waals surface area (Å²) in [5.74, 6) is 2.18. The Kier molecular flexibility index (Phi) is 12.1. The number of benzene rings is 2. The van der Waals surface area contributed by atoms with E-state index in [1.807, 2.05) is 88.5 Å². The lowest BCUT2D eigenvalue weighted by molar-refractivity contribution is 0.0600. The fourth-order valence-corrected chi connectivity index (χ4v) is 8.25. The second-order valence-corrected chi connectivity index (χ2v) is 16.5. The zero-order valence-corrected chi connectivity index (χ0v) is 36.7. The Morgan fingerprint density at radius 3 is 1.71 bits per heavy atom. The number of nitrogens with zero attached hydrogens (tertiary/aromatic N) is 12. The van der Waals surface area contributed by atoms with Gasteiger partial charge in [-0.25, -0.2) is 24.7 Å². The number of aliphatic hydroxyl groups is 1.